The van der Waals surface area contributed by atoms with E-state index in [1.165, 1.54) is 23.5 Å². The number of ether oxygens (including phenoxy) is 1. The van der Waals surface area contributed by atoms with Gasteiger partial charge in [-0.25, -0.2) is 4.39 Å². The largest absolute Gasteiger partial charge is 0.373 e. The van der Waals surface area contributed by atoms with E-state index in [-0.39, 0.29) is 23.9 Å². The maximum absolute atomic E-state index is 13.2. The molecule has 134 valence electrons. The molecule has 0 bridgehead atoms. The van der Waals surface area contributed by atoms with Crippen LogP contribution in [0.5, 0.6) is 0 Å². The molecule has 0 radical (unpaired) electrons. The van der Waals surface area contributed by atoms with Crippen molar-refractivity contribution in [2.24, 2.45) is 0 Å². The van der Waals surface area contributed by atoms with Gasteiger partial charge in [0.15, 0.2) is 0 Å². The summed E-state index contributed by atoms with van der Waals surface area (Å²) >= 11 is 1.31. The van der Waals surface area contributed by atoms with Crippen molar-refractivity contribution in [3.05, 3.63) is 40.7 Å². The number of amides is 1. The third kappa shape index (κ3) is 5.29. The Morgan fingerprint density at radius 2 is 2.12 bits per heavy atom. The highest BCUT2D eigenvalue weighted by Crippen LogP contribution is 2.19. The van der Waals surface area contributed by atoms with E-state index in [1.807, 2.05) is 19.9 Å². The third-order valence-electron chi connectivity index (χ3n) is 3.82. The first-order valence-corrected chi connectivity index (χ1v) is 9.04. The van der Waals surface area contributed by atoms with Gasteiger partial charge in [-0.1, -0.05) is 23.5 Å². The molecule has 2 heterocycles. The van der Waals surface area contributed by atoms with Gasteiger partial charge in [0.2, 0.25) is 11.0 Å². The highest BCUT2D eigenvalue weighted by molar-refractivity contribution is 7.15. The second kappa shape index (κ2) is 7.99. The Morgan fingerprint density at radius 3 is 2.84 bits per heavy atom. The topological polar surface area (TPSA) is 67.4 Å². The van der Waals surface area contributed by atoms with Crippen molar-refractivity contribution in [3.8, 4) is 0 Å². The molecule has 2 aromatic rings. The normalized spacial score (nSPS) is 21.2. The van der Waals surface area contributed by atoms with Gasteiger partial charge in [0, 0.05) is 19.5 Å². The molecule has 1 amide bonds. The highest BCUT2D eigenvalue weighted by atomic mass is 32.1. The van der Waals surface area contributed by atoms with Crippen LogP contribution in [0.15, 0.2) is 24.3 Å². The molecular formula is C17H21FN4O2S. The van der Waals surface area contributed by atoms with Crippen molar-refractivity contribution in [1.29, 1.82) is 0 Å². The van der Waals surface area contributed by atoms with E-state index in [0.717, 1.165) is 23.7 Å². The average molecular weight is 364 g/mol. The zero-order valence-electron chi connectivity index (χ0n) is 14.2. The van der Waals surface area contributed by atoms with Crippen LogP contribution in [0.3, 0.4) is 0 Å². The van der Waals surface area contributed by atoms with Crippen molar-refractivity contribution in [1.82, 2.24) is 15.1 Å². The summed E-state index contributed by atoms with van der Waals surface area (Å²) in [7, 11) is 0. The van der Waals surface area contributed by atoms with E-state index < -0.39 is 0 Å². The number of aromatic nitrogens is 2. The number of morpholine rings is 1. The number of hydrogen-bond acceptors (Lipinski definition) is 6. The van der Waals surface area contributed by atoms with E-state index in [0.29, 0.717) is 18.1 Å². The molecule has 0 saturated carbocycles. The summed E-state index contributed by atoms with van der Waals surface area (Å²) in [6.07, 6.45) is 0.732. The van der Waals surface area contributed by atoms with Crippen LogP contribution in [0, 0.1) is 5.82 Å². The zero-order chi connectivity index (χ0) is 17.8. The van der Waals surface area contributed by atoms with Crippen molar-refractivity contribution in [3.63, 3.8) is 0 Å². The first-order chi connectivity index (χ1) is 12.0. The Labute approximate surface area is 150 Å². The number of halogens is 1. The first kappa shape index (κ1) is 17.9. The van der Waals surface area contributed by atoms with E-state index in [9.17, 15) is 9.18 Å². The Kier molecular flexibility index (Phi) is 5.72. The predicted octanol–water partition coefficient (Wildman–Crippen LogP) is 2.32. The standard InChI is InChI=1S/C17H21FN4O2S/c1-11-8-22(9-12(2)24-11)10-15(23)19-17-21-20-16(25-17)7-13-4-3-5-14(18)6-13/h3-6,11-12H,7-10H2,1-2H3,(H,19,21,23)/t11-,12+. The second-order valence-corrected chi connectivity index (χ2v) is 7.37. The molecule has 3 rings (SSSR count). The van der Waals surface area contributed by atoms with E-state index >= 15 is 0 Å². The van der Waals surface area contributed by atoms with Gasteiger partial charge in [0.05, 0.1) is 18.8 Å². The molecule has 1 aromatic carbocycles. The SMILES string of the molecule is C[C@@H]1CN(CC(=O)Nc2nnc(Cc3cccc(F)c3)s2)C[C@H](C)O1. The lowest BCUT2D eigenvalue weighted by Gasteiger charge is -2.34. The summed E-state index contributed by atoms with van der Waals surface area (Å²) in [5, 5.41) is 12.0. The van der Waals surface area contributed by atoms with Crippen LogP contribution >= 0.6 is 11.3 Å². The van der Waals surface area contributed by atoms with Gasteiger partial charge in [-0.2, -0.15) is 0 Å². The van der Waals surface area contributed by atoms with E-state index in [4.69, 9.17) is 4.74 Å². The molecule has 2 atom stereocenters. The van der Waals surface area contributed by atoms with Gasteiger partial charge in [0.1, 0.15) is 10.8 Å². The number of carbonyl (C=O) groups is 1. The Bertz CT molecular complexity index is 729. The molecule has 0 unspecified atom stereocenters. The van der Waals surface area contributed by atoms with Gasteiger partial charge >= 0.3 is 0 Å². The molecular weight excluding hydrogens is 343 g/mol. The predicted molar refractivity (Wildman–Crippen MR) is 94.2 cm³/mol. The third-order valence-corrected chi connectivity index (χ3v) is 4.66. The molecule has 1 aliphatic rings. The van der Waals surface area contributed by atoms with E-state index in [2.05, 4.69) is 20.4 Å². The molecule has 1 saturated heterocycles. The zero-order valence-corrected chi connectivity index (χ0v) is 15.1. The lowest BCUT2D eigenvalue weighted by atomic mass is 10.1. The van der Waals surface area contributed by atoms with Gasteiger partial charge in [-0.05, 0) is 31.5 Å². The van der Waals surface area contributed by atoms with Crippen LogP contribution in [0.2, 0.25) is 0 Å². The second-order valence-electron chi connectivity index (χ2n) is 6.31. The summed E-state index contributed by atoms with van der Waals surface area (Å²) in [4.78, 5) is 14.3. The smallest absolute Gasteiger partial charge is 0.240 e. The summed E-state index contributed by atoms with van der Waals surface area (Å²) in [6, 6.07) is 6.38. The molecule has 0 aliphatic carbocycles. The minimum Gasteiger partial charge on any atom is -0.373 e. The van der Waals surface area contributed by atoms with Gasteiger partial charge in [-0.15, -0.1) is 10.2 Å². The minimum absolute atomic E-state index is 0.116. The minimum atomic E-state index is -0.274. The molecule has 6 nitrogen and oxygen atoms in total. The molecule has 1 fully saturated rings. The van der Waals surface area contributed by atoms with Crippen molar-refractivity contribution >= 4 is 22.4 Å². The van der Waals surface area contributed by atoms with Crippen LogP contribution in [0.25, 0.3) is 0 Å². The molecule has 1 aromatic heterocycles. The maximum Gasteiger partial charge on any atom is 0.240 e. The number of hydrogen-bond donors (Lipinski definition) is 1. The molecule has 1 aliphatic heterocycles. The molecule has 1 N–H and O–H groups in total. The first-order valence-electron chi connectivity index (χ1n) is 8.22. The monoisotopic (exact) mass is 364 g/mol. The molecule has 0 spiro atoms. The molecule has 8 heteroatoms. The van der Waals surface area contributed by atoms with Crippen molar-refractivity contribution in [2.75, 3.05) is 25.0 Å². The fraction of sp³-hybridized carbons (Fsp3) is 0.471. The summed E-state index contributed by atoms with van der Waals surface area (Å²) in [5.41, 5.74) is 0.824. The number of benzene rings is 1. The van der Waals surface area contributed by atoms with Crippen molar-refractivity contribution in [2.45, 2.75) is 32.5 Å². The summed E-state index contributed by atoms with van der Waals surface area (Å²) in [6.45, 7) is 5.78. The van der Waals surface area contributed by atoms with Crippen LogP contribution in [0.1, 0.15) is 24.4 Å². The summed E-state index contributed by atoms with van der Waals surface area (Å²) in [5.74, 6) is -0.390. The fourth-order valence-corrected chi connectivity index (χ4v) is 3.76. The fourth-order valence-electron chi connectivity index (χ4n) is 2.97. The van der Waals surface area contributed by atoms with Crippen molar-refractivity contribution < 1.29 is 13.9 Å². The molecule has 25 heavy (non-hydrogen) atoms. The Balaban J connectivity index is 1.53. The van der Waals surface area contributed by atoms with Crippen LogP contribution in [-0.4, -0.2) is 52.8 Å². The number of nitrogens with zero attached hydrogens (tertiary/aromatic N) is 3. The lowest BCUT2D eigenvalue weighted by molar-refractivity contribution is -0.121. The van der Waals surface area contributed by atoms with E-state index in [1.54, 1.807) is 6.07 Å². The Morgan fingerprint density at radius 1 is 1.36 bits per heavy atom. The summed E-state index contributed by atoms with van der Waals surface area (Å²) < 4.78 is 18.9. The van der Waals surface area contributed by atoms with Crippen LogP contribution in [0.4, 0.5) is 9.52 Å². The van der Waals surface area contributed by atoms with Gasteiger partial charge in [0.25, 0.3) is 0 Å². The number of anilines is 1. The van der Waals surface area contributed by atoms with Gasteiger partial charge in [-0.3, -0.25) is 15.0 Å². The quantitative estimate of drug-likeness (QED) is 0.882. The van der Waals surface area contributed by atoms with Gasteiger partial charge < -0.3 is 4.74 Å². The Hall–Kier alpha value is -1.90. The van der Waals surface area contributed by atoms with Crippen LogP contribution in [-0.2, 0) is 16.0 Å². The number of nitrogens with one attached hydrogen (secondary N) is 1. The maximum atomic E-state index is 13.2. The number of rotatable bonds is 5. The lowest BCUT2D eigenvalue weighted by Crippen LogP contribution is -2.48. The number of carbonyl (C=O) groups excluding carboxylic acids is 1. The van der Waals surface area contributed by atoms with Crippen LogP contribution < -0.4 is 5.32 Å². The highest BCUT2D eigenvalue weighted by Gasteiger charge is 2.24. The average Bonchev–Trinajstić information content (AvgIpc) is 2.92.